The first-order chi connectivity index (χ1) is 9.69. The van der Waals surface area contributed by atoms with Gasteiger partial charge in [0.2, 0.25) is 0 Å². The molecule has 6 heteroatoms. The SMILES string of the molecule is CCCNc1cnc(C(=O)Nc2cc(C)ccn2)cn1. The molecule has 0 radical (unpaired) electrons. The molecule has 0 aromatic carbocycles. The highest BCUT2D eigenvalue weighted by Crippen LogP contribution is 2.07. The molecule has 1 amide bonds. The Hall–Kier alpha value is -2.50. The van der Waals surface area contributed by atoms with E-state index in [4.69, 9.17) is 0 Å². The Kier molecular flexibility index (Phi) is 4.60. The van der Waals surface area contributed by atoms with E-state index in [0.717, 1.165) is 18.5 Å². The lowest BCUT2D eigenvalue weighted by Gasteiger charge is -2.06. The molecule has 104 valence electrons. The Morgan fingerprint density at radius 3 is 2.70 bits per heavy atom. The molecule has 0 fully saturated rings. The Morgan fingerprint density at radius 2 is 2.05 bits per heavy atom. The molecule has 0 saturated carbocycles. The number of amides is 1. The van der Waals surface area contributed by atoms with Crippen LogP contribution in [0.3, 0.4) is 0 Å². The Morgan fingerprint density at radius 1 is 1.20 bits per heavy atom. The Bertz CT molecular complexity index is 582. The highest BCUT2D eigenvalue weighted by Gasteiger charge is 2.09. The van der Waals surface area contributed by atoms with Crippen molar-refractivity contribution in [3.05, 3.63) is 42.0 Å². The fraction of sp³-hybridized carbons (Fsp3) is 0.286. The largest absolute Gasteiger partial charge is 0.369 e. The number of aromatic nitrogens is 3. The monoisotopic (exact) mass is 271 g/mol. The summed E-state index contributed by atoms with van der Waals surface area (Å²) in [6.07, 6.45) is 5.65. The number of aryl methyl sites for hydroxylation is 1. The first-order valence-electron chi connectivity index (χ1n) is 6.49. The molecule has 20 heavy (non-hydrogen) atoms. The normalized spacial score (nSPS) is 10.1. The third-order valence-electron chi connectivity index (χ3n) is 2.60. The fourth-order valence-electron chi connectivity index (χ4n) is 1.57. The van der Waals surface area contributed by atoms with E-state index >= 15 is 0 Å². The number of anilines is 2. The number of nitrogens with one attached hydrogen (secondary N) is 2. The lowest BCUT2D eigenvalue weighted by molar-refractivity contribution is 0.102. The van der Waals surface area contributed by atoms with E-state index in [1.54, 1.807) is 18.5 Å². The lowest BCUT2D eigenvalue weighted by atomic mass is 10.3. The van der Waals surface area contributed by atoms with E-state index < -0.39 is 0 Å². The molecule has 0 spiro atoms. The van der Waals surface area contributed by atoms with E-state index in [9.17, 15) is 4.79 Å². The molecule has 2 aromatic heterocycles. The van der Waals surface area contributed by atoms with Crippen molar-refractivity contribution in [3.8, 4) is 0 Å². The van der Waals surface area contributed by atoms with Crippen LogP contribution in [0.25, 0.3) is 0 Å². The quantitative estimate of drug-likeness (QED) is 0.872. The lowest BCUT2D eigenvalue weighted by Crippen LogP contribution is -2.15. The number of hydrogen-bond acceptors (Lipinski definition) is 5. The van der Waals surface area contributed by atoms with Gasteiger partial charge in [-0.2, -0.15) is 0 Å². The molecule has 6 nitrogen and oxygen atoms in total. The fourth-order valence-corrected chi connectivity index (χ4v) is 1.57. The topological polar surface area (TPSA) is 79.8 Å². The highest BCUT2D eigenvalue weighted by molar-refractivity contribution is 6.02. The summed E-state index contributed by atoms with van der Waals surface area (Å²) < 4.78 is 0. The van der Waals surface area contributed by atoms with Gasteiger partial charge in [0.15, 0.2) is 0 Å². The molecule has 2 aromatic rings. The Balaban J connectivity index is 2.02. The van der Waals surface area contributed by atoms with Gasteiger partial charge >= 0.3 is 0 Å². The van der Waals surface area contributed by atoms with Gasteiger partial charge in [0, 0.05) is 12.7 Å². The Labute approximate surface area is 117 Å². The van der Waals surface area contributed by atoms with Crippen LogP contribution >= 0.6 is 0 Å². The van der Waals surface area contributed by atoms with Crippen LogP contribution in [-0.4, -0.2) is 27.4 Å². The van der Waals surface area contributed by atoms with Crippen LogP contribution < -0.4 is 10.6 Å². The van der Waals surface area contributed by atoms with Gasteiger partial charge in [0.25, 0.3) is 5.91 Å². The zero-order valence-corrected chi connectivity index (χ0v) is 11.6. The molecular weight excluding hydrogens is 254 g/mol. The molecule has 0 atom stereocenters. The van der Waals surface area contributed by atoms with Crippen LogP contribution in [0.4, 0.5) is 11.6 Å². The van der Waals surface area contributed by atoms with E-state index in [2.05, 4.69) is 32.5 Å². The summed E-state index contributed by atoms with van der Waals surface area (Å²) in [4.78, 5) is 24.3. The number of carbonyl (C=O) groups excluding carboxylic acids is 1. The number of pyridine rings is 1. The van der Waals surface area contributed by atoms with Gasteiger partial charge in [-0.05, 0) is 31.0 Å². The zero-order chi connectivity index (χ0) is 14.4. The minimum Gasteiger partial charge on any atom is -0.369 e. The summed E-state index contributed by atoms with van der Waals surface area (Å²) in [5, 5.41) is 5.79. The zero-order valence-electron chi connectivity index (χ0n) is 11.6. The summed E-state index contributed by atoms with van der Waals surface area (Å²) >= 11 is 0. The van der Waals surface area contributed by atoms with E-state index in [-0.39, 0.29) is 11.6 Å². The highest BCUT2D eigenvalue weighted by atomic mass is 16.1. The molecule has 2 heterocycles. The number of carbonyl (C=O) groups is 1. The molecule has 0 aliphatic heterocycles. The van der Waals surface area contributed by atoms with Crippen LogP contribution in [-0.2, 0) is 0 Å². The molecule has 0 aliphatic rings. The standard InChI is InChI=1S/C14H17N5O/c1-3-5-15-13-9-17-11(8-18-13)14(20)19-12-7-10(2)4-6-16-12/h4,6-9H,3,5H2,1-2H3,(H,15,18)(H,16,19,20). The summed E-state index contributed by atoms with van der Waals surface area (Å²) in [7, 11) is 0. The van der Waals surface area contributed by atoms with Crippen molar-refractivity contribution >= 4 is 17.5 Å². The molecule has 0 unspecified atom stereocenters. The average Bonchev–Trinajstić information content (AvgIpc) is 2.45. The van der Waals surface area contributed by atoms with Gasteiger partial charge in [-0.1, -0.05) is 6.92 Å². The van der Waals surface area contributed by atoms with Crippen molar-refractivity contribution in [3.63, 3.8) is 0 Å². The third kappa shape index (κ3) is 3.74. The molecule has 2 rings (SSSR count). The second kappa shape index (κ2) is 6.60. The smallest absolute Gasteiger partial charge is 0.277 e. The minimum absolute atomic E-state index is 0.260. The van der Waals surface area contributed by atoms with Crippen molar-refractivity contribution < 1.29 is 4.79 Å². The minimum atomic E-state index is -0.322. The number of hydrogen-bond donors (Lipinski definition) is 2. The predicted octanol–water partition coefficient (Wildman–Crippen LogP) is 2.25. The number of rotatable bonds is 5. The molecule has 0 aliphatic carbocycles. The van der Waals surface area contributed by atoms with Gasteiger partial charge in [0.05, 0.1) is 12.4 Å². The average molecular weight is 271 g/mol. The van der Waals surface area contributed by atoms with Gasteiger partial charge in [-0.25, -0.2) is 15.0 Å². The van der Waals surface area contributed by atoms with E-state index in [1.807, 2.05) is 13.0 Å². The molecule has 0 bridgehead atoms. The van der Waals surface area contributed by atoms with Gasteiger partial charge in [-0.15, -0.1) is 0 Å². The van der Waals surface area contributed by atoms with Crippen LogP contribution in [0.5, 0.6) is 0 Å². The van der Waals surface area contributed by atoms with Crippen LogP contribution in [0.1, 0.15) is 29.4 Å². The van der Waals surface area contributed by atoms with Crippen LogP contribution in [0.2, 0.25) is 0 Å². The summed E-state index contributed by atoms with van der Waals surface area (Å²) in [6, 6.07) is 3.66. The van der Waals surface area contributed by atoms with Crippen molar-refractivity contribution in [1.29, 1.82) is 0 Å². The second-order valence-electron chi connectivity index (χ2n) is 4.39. The maximum Gasteiger partial charge on any atom is 0.277 e. The third-order valence-corrected chi connectivity index (χ3v) is 2.60. The first-order valence-corrected chi connectivity index (χ1v) is 6.49. The van der Waals surface area contributed by atoms with E-state index in [1.165, 1.54) is 6.20 Å². The summed E-state index contributed by atoms with van der Waals surface area (Å²) in [5.41, 5.74) is 1.29. The summed E-state index contributed by atoms with van der Waals surface area (Å²) in [6.45, 7) is 4.83. The first kappa shape index (κ1) is 13.9. The van der Waals surface area contributed by atoms with Crippen LogP contribution in [0, 0.1) is 6.92 Å². The maximum atomic E-state index is 12.0. The molecule has 0 saturated heterocycles. The van der Waals surface area contributed by atoms with Gasteiger partial charge < -0.3 is 10.6 Å². The molecular formula is C14H17N5O. The summed E-state index contributed by atoms with van der Waals surface area (Å²) in [5.74, 6) is 0.847. The maximum absolute atomic E-state index is 12.0. The predicted molar refractivity (Wildman–Crippen MR) is 77.7 cm³/mol. The molecule has 2 N–H and O–H groups in total. The second-order valence-corrected chi connectivity index (χ2v) is 4.39. The van der Waals surface area contributed by atoms with Crippen molar-refractivity contribution in [2.24, 2.45) is 0 Å². The number of nitrogens with zero attached hydrogens (tertiary/aromatic N) is 3. The van der Waals surface area contributed by atoms with Gasteiger partial charge in [0.1, 0.15) is 17.3 Å². The van der Waals surface area contributed by atoms with Crippen molar-refractivity contribution in [1.82, 2.24) is 15.0 Å². The van der Waals surface area contributed by atoms with Crippen molar-refractivity contribution in [2.75, 3.05) is 17.2 Å². The van der Waals surface area contributed by atoms with Crippen molar-refractivity contribution in [2.45, 2.75) is 20.3 Å². The van der Waals surface area contributed by atoms with Crippen LogP contribution in [0.15, 0.2) is 30.7 Å². The van der Waals surface area contributed by atoms with E-state index in [0.29, 0.717) is 11.6 Å². The van der Waals surface area contributed by atoms with Gasteiger partial charge in [-0.3, -0.25) is 4.79 Å².